The van der Waals surface area contributed by atoms with E-state index in [1.54, 1.807) is 43.3 Å². The second-order valence-corrected chi connectivity index (χ2v) is 10.7. The molecule has 9 heteroatoms. The van der Waals surface area contributed by atoms with E-state index in [-0.39, 0.29) is 17.4 Å². The number of hydrogen-bond donors (Lipinski definition) is 1. The van der Waals surface area contributed by atoms with Gasteiger partial charge >= 0.3 is 5.91 Å². The summed E-state index contributed by atoms with van der Waals surface area (Å²) < 4.78 is 11.7. The lowest BCUT2D eigenvalue weighted by atomic mass is 9.94. The van der Waals surface area contributed by atoms with Crippen LogP contribution in [-0.2, 0) is 22.6 Å². The fourth-order valence-electron chi connectivity index (χ4n) is 4.94. The van der Waals surface area contributed by atoms with Gasteiger partial charge in [-0.1, -0.05) is 53.8 Å². The van der Waals surface area contributed by atoms with Crippen LogP contribution in [-0.4, -0.2) is 33.1 Å². The quantitative estimate of drug-likeness (QED) is 0.200. The minimum atomic E-state index is -0.885. The Hall–Kier alpha value is -4.50. The smallest absolute Gasteiger partial charge is 0.301 e. The molecule has 2 aliphatic heterocycles. The number of amides is 1. The van der Waals surface area contributed by atoms with Gasteiger partial charge in [-0.15, -0.1) is 10.2 Å². The van der Waals surface area contributed by atoms with Gasteiger partial charge in [0, 0.05) is 12.0 Å². The molecule has 0 spiro atoms. The fraction of sp³-hybridized carbons (Fsp3) is 0.200. The lowest BCUT2D eigenvalue weighted by Crippen LogP contribution is -2.29. The van der Waals surface area contributed by atoms with Crippen molar-refractivity contribution in [2.24, 2.45) is 0 Å². The number of Topliss-reactive ketones (excluding diaryl/α,β-unsaturated/α-hetero) is 1. The van der Waals surface area contributed by atoms with Crippen LogP contribution < -0.4 is 14.4 Å². The summed E-state index contributed by atoms with van der Waals surface area (Å²) in [5, 5.41) is 20.6. The summed E-state index contributed by atoms with van der Waals surface area (Å²) in [6, 6.07) is 21.4. The summed E-state index contributed by atoms with van der Waals surface area (Å²) in [5.74, 6) is -0.389. The first-order valence-corrected chi connectivity index (χ1v) is 13.4. The molecule has 3 aromatic carbocycles. The number of fused-ring (bicyclic) bond motifs is 1. The normalized spacial score (nSPS) is 19.7. The summed E-state index contributed by atoms with van der Waals surface area (Å²) >= 11 is 1.21. The van der Waals surface area contributed by atoms with Crippen LogP contribution in [0.2, 0.25) is 0 Å². The summed E-state index contributed by atoms with van der Waals surface area (Å²) in [5.41, 5.74) is 3.06. The van der Waals surface area contributed by atoms with Gasteiger partial charge in [-0.2, -0.15) is 0 Å². The number of aromatic nitrogens is 2. The zero-order valence-electron chi connectivity index (χ0n) is 21.3. The van der Waals surface area contributed by atoms with Gasteiger partial charge in [-0.3, -0.25) is 14.5 Å². The van der Waals surface area contributed by atoms with Crippen molar-refractivity contribution in [2.45, 2.75) is 39.0 Å². The maximum absolute atomic E-state index is 13.4. The average molecular weight is 540 g/mol. The van der Waals surface area contributed by atoms with Gasteiger partial charge in [-0.25, -0.2) is 0 Å². The van der Waals surface area contributed by atoms with Gasteiger partial charge in [-0.05, 0) is 60.9 Å². The Labute approximate surface area is 229 Å². The molecule has 0 bridgehead atoms. The predicted molar refractivity (Wildman–Crippen MR) is 147 cm³/mol. The molecule has 6 rings (SSSR count). The van der Waals surface area contributed by atoms with E-state index in [2.05, 4.69) is 10.2 Å². The number of rotatable bonds is 6. The molecule has 0 aliphatic carbocycles. The molecule has 1 aromatic heterocycles. The van der Waals surface area contributed by atoms with Gasteiger partial charge in [0.2, 0.25) is 5.13 Å². The molecule has 4 aromatic rings. The summed E-state index contributed by atoms with van der Waals surface area (Å²) in [7, 11) is 0. The molecular weight excluding hydrogens is 514 g/mol. The van der Waals surface area contributed by atoms with E-state index >= 15 is 0 Å². The molecule has 2 aliphatic rings. The lowest BCUT2D eigenvalue weighted by Gasteiger charge is -2.22. The number of carbonyl (C=O) groups is 2. The molecule has 0 unspecified atom stereocenters. The van der Waals surface area contributed by atoms with Crippen molar-refractivity contribution >= 4 is 33.9 Å². The molecule has 1 amide bonds. The molecule has 8 nitrogen and oxygen atoms in total. The first-order chi connectivity index (χ1) is 18.9. The average Bonchev–Trinajstić information content (AvgIpc) is 3.62. The fourth-order valence-corrected chi connectivity index (χ4v) is 5.65. The summed E-state index contributed by atoms with van der Waals surface area (Å²) in [4.78, 5) is 28.0. The number of ether oxygens (including phenoxy) is 2. The molecular formula is C30H25N3O5S. The van der Waals surface area contributed by atoms with E-state index in [0.717, 1.165) is 16.9 Å². The van der Waals surface area contributed by atoms with Crippen molar-refractivity contribution in [3.05, 3.63) is 106 Å². The first kappa shape index (κ1) is 24.8. The zero-order chi connectivity index (χ0) is 27.1. The second kappa shape index (κ2) is 9.99. The number of hydrogen-bond acceptors (Lipinski definition) is 8. The van der Waals surface area contributed by atoms with E-state index < -0.39 is 17.7 Å². The molecule has 1 N–H and O–H groups in total. The molecule has 196 valence electrons. The Kier molecular flexibility index (Phi) is 6.36. The Bertz CT molecular complexity index is 1600. The number of benzene rings is 3. The predicted octanol–water partition coefficient (Wildman–Crippen LogP) is 5.38. The van der Waals surface area contributed by atoms with Crippen LogP contribution in [0.3, 0.4) is 0 Å². The number of carbonyl (C=O) groups excluding carboxylic acids is 2. The highest BCUT2D eigenvalue weighted by atomic mass is 32.1. The van der Waals surface area contributed by atoms with Gasteiger partial charge in [0.25, 0.3) is 5.78 Å². The van der Waals surface area contributed by atoms with Crippen molar-refractivity contribution in [2.75, 3.05) is 4.90 Å². The number of nitrogens with zero attached hydrogens (tertiary/aromatic N) is 3. The van der Waals surface area contributed by atoms with Gasteiger partial charge in [0.15, 0.2) is 0 Å². The van der Waals surface area contributed by atoms with Crippen LogP contribution in [0.1, 0.15) is 40.2 Å². The monoisotopic (exact) mass is 539 g/mol. The number of aliphatic hydroxyl groups is 1. The van der Waals surface area contributed by atoms with Crippen molar-refractivity contribution in [1.29, 1.82) is 0 Å². The number of aliphatic hydroxyl groups excluding tert-OH is 1. The molecule has 2 atom stereocenters. The third kappa shape index (κ3) is 4.66. The zero-order valence-corrected chi connectivity index (χ0v) is 22.1. The summed E-state index contributed by atoms with van der Waals surface area (Å²) in [6.07, 6.45) is 0.731. The number of ketones is 1. The van der Waals surface area contributed by atoms with Gasteiger partial charge in [0.05, 0.1) is 11.6 Å². The Morgan fingerprint density at radius 3 is 2.56 bits per heavy atom. The Morgan fingerprint density at radius 2 is 1.85 bits per heavy atom. The molecule has 0 saturated carbocycles. The molecule has 1 fully saturated rings. The SMILES string of the molecule is Cc1nnc(N2C(=O)C(=O)C(=C(O)c3ccc4c(c3)C[C@@H](C)O4)[C@@H]2c2ccc(OCc3ccccc3)cc2)s1. The maximum Gasteiger partial charge on any atom is 0.301 e. The van der Waals surface area contributed by atoms with Crippen molar-refractivity contribution in [3.8, 4) is 11.5 Å². The van der Waals surface area contributed by atoms with E-state index in [4.69, 9.17) is 9.47 Å². The van der Waals surface area contributed by atoms with Gasteiger partial charge < -0.3 is 14.6 Å². The highest BCUT2D eigenvalue weighted by Crippen LogP contribution is 2.44. The topological polar surface area (TPSA) is 102 Å². The maximum atomic E-state index is 13.4. The largest absolute Gasteiger partial charge is 0.507 e. The number of aryl methyl sites for hydroxylation is 1. The number of anilines is 1. The van der Waals surface area contributed by atoms with E-state index in [9.17, 15) is 14.7 Å². The summed E-state index contributed by atoms with van der Waals surface area (Å²) in [6.45, 7) is 4.16. The van der Waals surface area contributed by atoms with Crippen LogP contribution in [0, 0.1) is 6.92 Å². The van der Waals surface area contributed by atoms with Crippen LogP contribution in [0.25, 0.3) is 5.76 Å². The van der Waals surface area contributed by atoms with E-state index in [1.807, 2.05) is 43.3 Å². The van der Waals surface area contributed by atoms with Crippen LogP contribution in [0.5, 0.6) is 11.5 Å². The third-order valence-electron chi connectivity index (χ3n) is 6.78. The van der Waals surface area contributed by atoms with Crippen LogP contribution >= 0.6 is 11.3 Å². The minimum Gasteiger partial charge on any atom is -0.507 e. The highest BCUT2D eigenvalue weighted by Gasteiger charge is 2.48. The third-order valence-corrected chi connectivity index (χ3v) is 7.62. The molecule has 1 saturated heterocycles. The van der Waals surface area contributed by atoms with Crippen LogP contribution in [0.15, 0.2) is 78.4 Å². The molecule has 0 radical (unpaired) electrons. The Morgan fingerprint density at radius 1 is 1.08 bits per heavy atom. The first-order valence-electron chi connectivity index (χ1n) is 12.6. The van der Waals surface area contributed by atoms with Gasteiger partial charge in [0.1, 0.15) is 35.0 Å². The van der Waals surface area contributed by atoms with Crippen molar-refractivity contribution in [1.82, 2.24) is 10.2 Å². The minimum absolute atomic E-state index is 0.00211. The molecule has 39 heavy (non-hydrogen) atoms. The molecule has 3 heterocycles. The lowest BCUT2D eigenvalue weighted by molar-refractivity contribution is -0.132. The van der Waals surface area contributed by atoms with Crippen molar-refractivity contribution < 1.29 is 24.2 Å². The Balaban J connectivity index is 1.39. The second-order valence-electron chi connectivity index (χ2n) is 9.57. The van der Waals surface area contributed by atoms with Crippen LogP contribution in [0.4, 0.5) is 5.13 Å². The van der Waals surface area contributed by atoms with E-state index in [1.165, 1.54) is 16.2 Å². The van der Waals surface area contributed by atoms with E-state index in [0.29, 0.717) is 40.0 Å². The standard InChI is InChI=1S/C30H25N3O5S/c1-17-14-22-15-21(10-13-24(22)38-17)27(34)25-26(33(29(36)28(25)35)30-32-31-18(2)39-30)20-8-11-23(12-9-20)37-16-19-6-4-3-5-7-19/h3-13,15,17,26,34H,14,16H2,1-2H3/t17-,26+/m1/s1. The highest BCUT2D eigenvalue weighted by molar-refractivity contribution is 7.15. The van der Waals surface area contributed by atoms with Crippen molar-refractivity contribution in [3.63, 3.8) is 0 Å².